The molecule has 0 radical (unpaired) electrons. The van der Waals surface area contributed by atoms with Crippen LogP contribution >= 0.6 is 0 Å². The summed E-state index contributed by atoms with van der Waals surface area (Å²) in [5.41, 5.74) is 2.70. The van der Waals surface area contributed by atoms with E-state index in [1.54, 1.807) is 0 Å². The summed E-state index contributed by atoms with van der Waals surface area (Å²) in [7, 11) is 0. The molecule has 3 nitrogen and oxygen atoms in total. The molecule has 1 N–H and O–H groups in total. The summed E-state index contributed by atoms with van der Waals surface area (Å²) in [5, 5.41) is 3.12. The maximum Gasteiger partial charge on any atom is 0.220 e. The van der Waals surface area contributed by atoms with Crippen LogP contribution in [-0.2, 0) is 11.3 Å². The van der Waals surface area contributed by atoms with Crippen molar-refractivity contribution in [2.75, 3.05) is 6.54 Å². The highest BCUT2D eigenvalue weighted by Gasteiger charge is 2.37. The summed E-state index contributed by atoms with van der Waals surface area (Å²) in [6, 6.07) is 9.65. The molecule has 0 spiro atoms. The molecule has 0 aromatic heterocycles. The van der Waals surface area contributed by atoms with Crippen molar-refractivity contribution in [1.29, 1.82) is 0 Å². The zero-order chi connectivity index (χ0) is 12.5. The highest BCUT2D eigenvalue weighted by atomic mass is 16.1. The fourth-order valence-corrected chi connectivity index (χ4v) is 3.27. The van der Waals surface area contributed by atoms with Crippen LogP contribution in [0.2, 0.25) is 0 Å². The van der Waals surface area contributed by atoms with Gasteiger partial charge in [0.15, 0.2) is 0 Å². The number of aryl methyl sites for hydroxylation is 1. The molecule has 2 atom stereocenters. The average Bonchev–Trinajstić information content (AvgIpc) is 2.72. The molecule has 2 aliphatic heterocycles. The molecular weight excluding hydrogens is 224 g/mol. The van der Waals surface area contributed by atoms with Gasteiger partial charge in [-0.25, -0.2) is 0 Å². The zero-order valence-electron chi connectivity index (χ0n) is 10.9. The Balaban J connectivity index is 1.69. The molecule has 2 fully saturated rings. The Morgan fingerprint density at radius 1 is 1.39 bits per heavy atom. The maximum atomic E-state index is 11.4. The number of fused-ring (bicyclic) bond motifs is 1. The van der Waals surface area contributed by atoms with Crippen molar-refractivity contribution < 1.29 is 4.79 Å². The second kappa shape index (κ2) is 4.73. The van der Waals surface area contributed by atoms with E-state index in [2.05, 4.69) is 41.4 Å². The quantitative estimate of drug-likeness (QED) is 0.861. The van der Waals surface area contributed by atoms with Gasteiger partial charge in [-0.1, -0.05) is 29.8 Å². The normalized spacial score (nSPS) is 27.9. The molecule has 1 amide bonds. The molecule has 3 heteroatoms. The summed E-state index contributed by atoms with van der Waals surface area (Å²) in [4.78, 5) is 13.9. The number of hydrogen-bond acceptors (Lipinski definition) is 2. The number of amides is 1. The van der Waals surface area contributed by atoms with Crippen LogP contribution in [-0.4, -0.2) is 29.4 Å². The smallest absolute Gasteiger partial charge is 0.220 e. The highest BCUT2D eigenvalue weighted by Crippen LogP contribution is 2.27. The number of benzene rings is 1. The second-order valence-corrected chi connectivity index (χ2v) is 5.53. The van der Waals surface area contributed by atoms with Gasteiger partial charge in [0.05, 0.1) is 0 Å². The molecular formula is C15H20N2O. The first-order valence-corrected chi connectivity index (χ1v) is 6.81. The Kier molecular flexibility index (Phi) is 3.08. The fraction of sp³-hybridized carbons (Fsp3) is 0.533. The van der Waals surface area contributed by atoms with E-state index in [0.717, 1.165) is 25.9 Å². The van der Waals surface area contributed by atoms with E-state index < -0.39 is 0 Å². The first kappa shape index (κ1) is 11.7. The molecule has 0 bridgehead atoms. The zero-order valence-corrected chi connectivity index (χ0v) is 10.9. The third-order valence-corrected chi connectivity index (χ3v) is 4.14. The van der Waals surface area contributed by atoms with E-state index in [4.69, 9.17) is 0 Å². The Morgan fingerprint density at radius 2 is 2.28 bits per heavy atom. The van der Waals surface area contributed by atoms with Gasteiger partial charge in [0.25, 0.3) is 0 Å². The third kappa shape index (κ3) is 2.27. The predicted molar refractivity (Wildman–Crippen MR) is 71.2 cm³/mol. The average molecular weight is 244 g/mol. The first-order chi connectivity index (χ1) is 8.72. The minimum absolute atomic E-state index is 0.230. The monoisotopic (exact) mass is 244 g/mol. The lowest BCUT2D eigenvalue weighted by molar-refractivity contribution is -0.124. The van der Waals surface area contributed by atoms with Crippen LogP contribution in [0.3, 0.4) is 0 Å². The lowest BCUT2D eigenvalue weighted by atomic mass is 9.98. The molecule has 3 rings (SSSR count). The maximum absolute atomic E-state index is 11.4. The van der Waals surface area contributed by atoms with Crippen LogP contribution in [0.15, 0.2) is 24.3 Å². The SMILES string of the molecule is Cc1cccc(CN2CCC3NC(=O)CCC32)c1. The van der Waals surface area contributed by atoms with Crippen molar-refractivity contribution in [1.82, 2.24) is 10.2 Å². The lowest BCUT2D eigenvalue weighted by Crippen LogP contribution is -2.49. The van der Waals surface area contributed by atoms with Crippen LogP contribution in [0.1, 0.15) is 30.4 Å². The van der Waals surface area contributed by atoms with Gasteiger partial charge in [-0.2, -0.15) is 0 Å². The number of hydrogen-bond donors (Lipinski definition) is 1. The van der Waals surface area contributed by atoms with Gasteiger partial charge in [0.1, 0.15) is 0 Å². The van der Waals surface area contributed by atoms with Gasteiger partial charge >= 0.3 is 0 Å². The Bertz CT molecular complexity index is 458. The standard InChI is InChI=1S/C15H20N2O/c1-11-3-2-4-12(9-11)10-17-8-7-13-14(17)5-6-15(18)16-13/h2-4,9,13-14H,5-8,10H2,1H3,(H,16,18). The van der Waals surface area contributed by atoms with E-state index in [9.17, 15) is 4.79 Å². The highest BCUT2D eigenvalue weighted by molar-refractivity contribution is 5.77. The Hall–Kier alpha value is -1.35. The molecule has 2 unspecified atom stereocenters. The molecule has 0 aliphatic carbocycles. The molecule has 2 heterocycles. The summed E-state index contributed by atoms with van der Waals surface area (Å²) >= 11 is 0. The van der Waals surface area contributed by atoms with Crippen molar-refractivity contribution in [2.24, 2.45) is 0 Å². The summed E-state index contributed by atoms with van der Waals surface area (Å²) in [5.74, 6) is 0.230. The van der Waals surface area contributed by atoms with E-state index in [1.807, 2.05) is 0 Å². The van der Waals surface area contributed by atoms with Gasteiger partial charge in [0.2, 0.25) is 5.91 Å². The number of carbonyl (C=O) groups excluding carboxylic acids is 1. The summed E-state index contributed by atoms with van der Waals surface area (Å²) in [6.45, 7) is 4.25. The van der Waals surface area contributed by atoms with Crippen LogP contribution in [0.4, 0.5) is 0 Å². The van der Waals surface area contributed by atoms with Crippen LogP contribution in [0.5, 0.6) is 0 Å². The molecule has 2 aliphatic rings. The summed E-state index contributed by atoms with van der Waals surface area (Å²) < 4.78 is 0. The minimum atomic E-state index is 0.230. The van der Waals surface area contributed by atoms with E-state index in [0.29, 0.717) is 18.5 Å². The first-order valence-electron chi connectivity index (χ1n) is 6.81. The fourth-order valence-electron chi connectivity index (χ4n) is 3.27. The van der Waals surface area contributed by atoms with Crippen LogP contribution in [0, 0.1) is 6.92 Å². The van der Waals surface area contributed by atoms with Gasteiger partial charge in [0, 0.05) is 31.6 Å². The number of carbonyl (C=O) groups is 1. The van der Waals surface area contributed by atoms with Gasteiger partial charge < -0.3 is 5.32 Å². The van der Waals surface area contributed by atoms with Crippen molar-refractivity contribution in [3.63, 3.8) is 0 Å². The second-order valence-electron chi connectivity index (χ2n) is 5.53. The van der Waals surface area contributed by atoms with Crippen molar-refractivity contribution in [3.8, 4) is 0 Å². The number of piperidine rings is 1. The van der Waals surface area contributed by atoms with Crippen molar-refractivity contribution >= 4 is 5.91 Å². The van der Waals surface area contributed by atoms with E-state index in [1.165, 1.54) is 11.1 Å². The largest absolute Gasteiger partial charge is 0.352 e. The number of nitrogens with zero attached hydrogens (tertiary/aromatic N) is 1. The molecule has 1 aromatic carbocycles. The van der Waals surface area contributed by atoms with E-state index >= 15 is 0 Å². The number of likely N-dealkylation sites (tertiary alicyclic amines) is 1. The predicted octanol–water partition coefficient (Wildman–Crippen LogP) is 1.85. The van der Waals surface area contributed by atoms with Crippen molar-refractivity contribution in [3.05, 3.63) is 35.4 Å². The lowest BCUT2D eigenvalue weighted by Gasteiger charge is -2.32. The Labute approximate surface area is 108 Å². The minimum Gasteiger partial charge on any atom is -0.352 e. The topological polar surface area (TPSA) is 32.3 Å². The Morgan fingerprint density at radius 3 is 3.11 bits per heavy atom. The molecule has 18 heavy (non-hydrogen) atoms. The molecule has 2 saturated heterocycles. The summed E-state index contributed by atoms with van der Waals surface area (Å²) in [6.07, 6.45) is 2.80. The molecule has 96 valence electrons. The van der Waals surface area contributed by atoms with Gasteiger partial charge in [-0.3, -0.25) is 9.69 Å². The molecule has 0 saturated carbocycles. The number of rotatable bonds is 2. The van der Waals surface area contributed by atoms with Crippen molar-refractivity contribution in [2.45, 2.75) is 44.8 Å². The van der Waals surface area contributed by atoms with E-state index in [-0.39, 0.29) is 5.91 Å². The van der Waals surface area contributed by atoms with Crippen LogP contribution in [0.25, 0.3) is 0 Å². The number of nitrogens with one attached hydrogen (secondary N) is 1. The van der Waals surface area contributed by atoms with Gasteiger partial charge in [-0.15, -0.1) is 0 Å². The van der Waals surface area contributed by atoms with Crippen LogP contribution < -0.4 is 5.32 Å². The third-order valence-electron chi connectivity index (χ3n) is 4.14. The van der Waals surface area contributed by atoms with Gasteiger partial charge in [-0.05, 0) is 25.3 Å². The molecule has 1 aromatic rings.